The number of ether oxygens (including phenoxy) is 1. The van der Waals surface area contributed by atoms with Gasteiger partial charge in [0.05, 0.1) is 0 Å². The molecule has 0 saturated carbocycles. The fourth-order valence-corrected chi connectivity index (χ4v) is 3.53. The van der Waals surface area contributed by atoms with Crippen molar-refractivity contribution in [3.8, 4) is 5.75 Å². The Morgan fingerprint density at radius 3 is 2.25 bits per heavy atom. The Bertz CT molecular complexity index is 1110. The number of likely N-dealkylation sites (N-methyl/N-ethyl adjacent to an activating group) is 1. The molecule has 0 bridgehead atoms. The van der Waals surface area contributed by atoms with Gasteiger partial charge in [-0.25, -0.2) is 4.79 Å². The number of benzene rings is 2. The predicted molar refractivity (Wildman–Crippen MR) is 135 cm³/mol. The van der Waals surface area contributed by atoms with E-state index in [9.17, 15) is 24.3 Å². The van der Waals surface area contributed by atoms with Gasteiger partial charge in [0.2, 0.25) is 11.8 Å². The summed E-state index contributed by atoms with van der Waals surface area (Å²) in [6.45, 7) is 6.83. The fraction of sp³-hybridized carbons (Fsp3) is 0.385. The van der Waals surface area contributed by atoms with E-state index in [0.717, 1.165) is 10.5 Å². The van der Waals surface area contributed by atoms with E-state index in [4.69, 9.17) is 10.5 Å². The Morgan fingerprint density at radius 1 is 1.06 bits per heavy atom. The summed E-state index contributed by atoms with van der Waals surface area (Å²) in [5, 5.41) is 15.8. The summed E-state index contributed by atoms with van der Waals surface area (Å²) in [6.07, 6.45) is -1.15. The number of carbonyl (C=O) groups excluding carboxylic acids is 4. The maximum Gasteiger partial charge on any atom is 0.408 e. The second-order valence-electron chi connectivity index (χ2n) is 9.42. The van der Waals surface area contributed by atoms with Crippen molar-refractivity contribution >= 4 is 29.5 Å². The van der Waals surface area contributed by atoms with Gasteiger partial charge in [-0.05, 0) is 51.8 Å². The summed E-state index contributed by atoms with van der Waals surface area (Å²) in [5.74, 6) is -2.09. The molecule has 0 spiro atoms. The molecule has 0 fully saturated rings. The Balaban J connectivity index is 2.41. The quantitative estimate of drug-likeness (QED) is 0.417. The van der Waals surface area contributed by atoms with Crippen LogP contribution in [0, 0.1) is 6.92 Å². The number of rotatable bonds is 9. The average Bonchev–Trinajstić information content (AvgIpc) is 2.77. The SMILES string of the molecule is Cc1ccccc1NC(=O)C(c1ccccc1O)N(C)C(=O)C(CCC(N)=O)NC(=O)OC(C)(C)C. The molecule has 0 aromatic heterocycles. The first-order chi connectivity index (χ1) is 16.8. The molecule has 0 aliphatic heterocycles. The van der Waals surface area contributed by atoms with E-state index in [-0.39, 0.29) is 24.2 Å². The fourth-order valence-electron chi connectivity index (χ4n) is 3.53. The maximum absolute atomic E-state index is 13.5. The number of aromatic hydroxyl groups is 1. The molecule has 2 unspecified atom stereocenters. The van der Waals surface area contributed by atoms with E-state index in [1.807, 2.05) is 19.1 Å². The first-order valence-electron chi connectivity index (χ1n) is 11.5. The molecule has 194 valence electrons. The van der Waals surface area contributed by atoms with Crippen molar-refractivity contribution in [1.29, 1.82) is 0 Å². The number of primary amides is 1. The number of amides is 4. The van der Waals surface area contributed by atoms with Crippen molar-refractivity contribution in [1.82, 2.24) is 10.2 Å². The number of aryl methyl sites for hydroxylation is 1. The zero-order chi connectivity index (χ0) is 27.0. The van der Waals surface area contributed by atoms with Crippen LogP contribution in [0.4, 0.5) is 10.5 Å². The van der Waals surface area contributed by atoms with Gasteiger partial charge in [0.25, 0.3) is 5.91 Å². The first kappa shape index (κ1) is 28.2. The van der Waals surface area contributed by atoms with E-state index < -0.39 is 41.5 Å². The van der Waals surface area contributed by atoms with Crippen molar-refractivity contribution in [2.45, 2.75) is 58.2 Å². The molecule has 2 aromatic carbocycles. The lowest BCUT2D eigenvalue weighted by Gasteiger charge is -2.32. The molecular formula is C26H34N4O6. The van der Waals surface area contributed by atoms with Crippen molar-refractivity contribution < 1.29 is 29.0 Å². The third-order valence-corrected chi connectivity index (χ3v) is 5.29. The number of hydrogen-bond acceptors (Lipinski definition) is 6. The third kappa shape index (κ3) is 8.00. The summed E-state index contributed by atoms with van der Waals surface area (Å²) in [4.78, 5) is 51.9. The molecule has 10 heteroatoms. The third-order valence-electron chi connectivity index (χ3n) is 5.29. The number of anilines is 1. The summed E-state index contributed by atoms with van der Waals surface area (Å²) in [7, 11) is 1.38. The number of phenolic OH excluding ortho intramolecular Hbond substituents is 1. The second kappa shape index (κ2) is 12.1. The minimum Gasteiger partial charge on any atom is -0.508 e. The number of phenols is 1. The summed E-state index contributed by atoms with van der Waals surface area (Å²) in [6, 6.07) is 10.8. The normalized spacial score (nSPS) is 12.7. The number of nitrogens with two attached hydrogens (primary N) is 1. The highest BCUT2D eigenvalue weighted by atomic mass is 16.6. The molecule has 2 rings (SSSR count). The molecular weight excluding hydrogens is 464 g/mol. The van der Waals surface area contributed by atoms with Crippen molar-refractivity contribution in [2.75, 3.05) is 12.4 Å². The minimum absolute atomic E-state index is 0.106. The molecule has 0 saturated heterocycles. The first-order valence-corrected chi connectivity index (χ1v) is 11.5. The van der Waals surface area contributed by atoms with Crippen LogP contribution in [-0.4, -0.2) is 52.5 Å². The molecule has 4 amide bonds. The van der Waals surface area contributed by atoms with Gasteiger partial charge in [-0.3, -0.25) is 14.4 Å². The van der Waals surface area contributed by atoms with E-state index in [2.05, 4.69) is 10.6 Å². The number of para-hydroxylation sites is 2. The number of alkyl carbamates (subject to hydrolysis) is 1. The monoisotopic (exact) mass is 498 g/mol. The minimum atomic E-state index is -1.25. The van der Waals surface area contributed by atoms with Crippen LogP contribution in [0.15, 0.2) is 48.5 Å². The van der Waals surface area contributed by atoms with Crippen LogP contribution < -0.4 is 16.4 Å². The lowest BCUT2D eigenvalue weighted by Crippen LogP contribution is -2.51. The van der Waals surface area contributed by atoms with Gasteiger partial charge in [0.15, 0.2) is 0 Å². The topological polar surface area (TPSA) is 151 Å². The summed E-state index contributed by atoms with van der Waals surface area (Å²) in [5.41, 5.74) is 5.98. The molecule has 2 atom stereocenters. The smallest absolute Gasteiger partial charge is 0.408 e. The standard InChI is InChI=1S/C26H34N4O6/c1-16-10-6-8-12-18(16)28-23(33)22(17-11-7-9-13-20(17)31)30(5)24(34)19(14-15-21(27)32)29-25(35)36-26(2,3)4/h6-13,19,22,31H,14-15H2,1-5H3,(H2,27,32)(H,28,33)(H,29,35). The van der Waals surface area contributed by atoms with Crippen molar-refractivity contribution in [3.05, 3.63) is 59.7 Å². The van der Waals surface area contributed by atoms with Crippen LogP contribution in [0.3, 0.4) is 0 Å². The van der Waals surface area contributed by atoms with Gasteiger partial charge >= 0.3 is 6.09 Å². The van der Waals surface area contributed by atoms with E-state index in [1.54, 1.807) is 45.0 Å². The van der Waals surface area contributed by atoms with Gasteiger partial charge < -0.3 is 31.1 Å². The Morgan fingerprint density at radius 2 is 1.67 bits per heavy atom. The van der Waals surface area contributed by atoms with Gasteiger partial charge in [0.1, 0.15) is 23.4 Å². The van der Waals surface area contributed by atoms with Crippen LogP contribution in [0.5, 0.6) is 5.75 Å². The molecule has 0 aliphatic rings. The molecule has 0 radical (unpaired) electrons. The van der Waals surface area contributed by atoms with E-state index in [1.165, 1.54) is 19.2 Å². The second-order valence-corrected chi connectivity index (χ2v) is 9.42. The highest BCUT2D eigenvalue weighted by molar-refractivity contribution is 5.99. The Kier molecular flexibility index (Phi) is 9.43. The van der Waals surface area contributed by atoms with Gasteiger partial charge in [-0.1, -0.05) is 36.4 Å². The molecule has 2 aromatic rings. The van der Waals surface area contributed by atoms with Crippen molar-refractivity contribution in [2.24, 2.45) is 5.73 Å². The molecule has 0 heterocycles. The van der Waals surface area contributed by atoms with Crippen LogP contribution in [0.2, 0.25) is 0 Å². The highest BCUT2D eigenvalue weighted by Crippen LogP contribution is 2.30. The number of nitrogens with zero attached hydrogens (tertiary/aromatic N) is 1. The van der Waals surface area contributed by atoms with Gasteiger partial charge in [-0.2, -0.15) is 0 Å². The largest absolute Gasteiger partial charge is 0.508 e. The van der Waals surface area contributed by atoms with Crippen LogP contribution in [0.1, 0.15) is 50.8 Å². The number of nitrogens with one attached hydrogen (secondary N) is 2. The maximum atomic E-state index is 13.5. The predicted octanol–water partition coefficient (Wildman–Crippen LogP) is 3.00. The van der Waals surface area contributed by atoms with Crippen LogP contribution in [0.25, 0.3) is 0 Å². The molecule has 10 nitrogen and oxygen atoms in total. The molecule has 0 aliphatic carbocycles. The highest BCUT2D eigenvalue weighted by Gasteiger charge is 2.35. The molecule has 5 N–H and O–H groups in total. The van der Waals surface area contributed by atoms with E-state index in [0.29, 0.717) is 5.69 Å². The Labute approximate surface area is 210 Å². The number of hydrogen-bond donors (Lipinski definition) is 4. The zero-order valence-corrected chi connectivity index (χ0v) is 21.2. The lowest BCUT2D eigenvalue weighted by atomic mass is 10.0. The average molecular weight is 499 g/mol. The number of carbonyl (C=O) groups is 4. The lowest BCUT2D eigenvalue weighted by molar-refractivity contribution is -0.139. The zero-order valence-electron chi connectivity index (χ0n) is 21.2. The Hall–Kier alpha value is -4.08. The molecule has 36 heavy (non-hydrogen) atoms. The van der Waals surface area contributed by atoms with Crippen molar-refractivity contribution in [3.63, 3.8) is 0 Å². The van der Waals surface area contributed by atoms with Crippen LogP contribution in [-0.2, 0) is 19.1 Å². The van der Waals surface area contributed by atoms with E-state index >= 15 is 0 Å². The summed E-state index contributed by atoms with van der Waals surface area (Å²) >= 11 is 0. The van der Waals surface area contributed by atoms with Crippen LogP contribution >= 0.6 is 0 Å². The van der Waals surface area contributed by atoms with Gasteiger partial charge in [0, 0.05) is 24.7 Å². The van der Waals surface area contributed by atoms with Gasteiger partial charge in [-0.15, -0.1) is 0 Å². The summed E-state index contributed by atoms with van der Waals surface area (Å²) < 4.78 is 5.25.